The van der Waals surface area contributed by atoms with Crippen molar-refractivity contribution >= 4 is 11.7 Å². The number of aliphatic hydroxyl groups is 1. The minimum atomic E-state index is -0.0591. The fraction of sp³-hybridized carbons (Fsp3) is 0.533. The van der Waals surface area contributed by atoms with E-state index in [1.807, 2.05) is 31.2 Å². The number of amides is 2. The number of urea groups is 1. The fourth-order valence-electron chi connectivity index (χ4n) is 2.37. The molecule has 1 aromatic rings. The molecule has 0 unspecified atom stereocenters. The van der Waals surface area contributed by atoms with Crippen LogP contribution in [0.2, 0.25) is 0 Å². The summed E-state index contributed by atoms with van der Waals surface area (Å²) in [5.41, 5.74) is 1.95. The molecule has 0 atom stereocenters. The molecule has 110 valence electrons. The van der Waals surface area contributed by atoms with E-state index in [-0.39, 0.29) is 18.7 Å². The van der Waals surface area contributed by atoms with Crippen molar-refractivity contribution in [3.63, 3.8) is 0 Å². The predicted molar refractivity (Wildman–Crippen MR) is 77.8 cm³/mol. The zero-order valence-corrected chi connectivity index (χ0v) is 11.8. The summed E-state index contributed by atoms with van der Waals surface area (Å²) in [6, 6.07) is 7.72. The highest BCUT2D eigenvalue weighted by Crippen LogP contribution is 2.16. The summed E-state index contributed by atoms with van der Waals surface area (Å²) in [5, 5.41) is 11.6. The number of piperidine rings is 1. The molecule has 5 heteroatoms. The molecule has 0 aliphatic carbocycles. The molecule has 2 N–H and O–H groups in total. The third-order valence-electron chi connectivity index (χ3n) is 3.44. The first kappa shape index (κ1) is 14.8. The molecule has 0 bridgehead atoms. The van der Waals surface area contributed by atoms with Crippen molar-refractivity contribution in [2.75, 3.05) is 31.6 Å². The lowest BCUT2D eigenvalue weighted by Crippen LogP contribution is -2.43. The molecule has 20 heavy (non-hydrogen) atoms. The Labute approximate surface area is 119 Å². The van der Waals surface area contributed by atoms with Gasteiger partial charge in [-0.3, -0.25) is 0 Å². The molecule has 1 aromatic carbocycles. The summed E-state index contributed by atoms with van der Waals surface area (Å²) in [6.45, 7) is 3.80. The third-order valence-corrected chi connectivity index (χ3v) is 3.44. The van der Waals surface area contributed by atoms with Crippen molar-refractivity contribution in [3.05, 3.63) is 29.8 Å². The van der Waals surface area contributed by atoms with Gasteiger partial charge in [-0.25, -0.2) is 4.79 Å². The highest BCUT2D eigenvalue weighted by Gasteiger charge is 2.23. The van der Waals surface area contributed by atoms with E-state index in [0.29, 0.717) is 19.7 Å². The highest BCUT2D eigenvalue weighted by molar-refractivity contribution is 5.89. The quantitative estimate of drug-likeness (QED) is 0.885. The van der Waals surface area contributed by atoms with Crippen molar-refractivity contribution in [3.8, 4) is 0 Å². The summed E-state index contributed by atoms with van der Waals surface area (Å²) in [5.74, 6) is 0. The van der Waals surface area contributed by atoms with E-state index in [1.54, 1.807) is 4.90 Å². The van der Waals surface area contributed by atoms with Crippen LogP contribution in [0.5, 0.6) is 0 Å². The minimum Gasteiger partial charge on any atom is -0.394 e. The SMILES string of the molecule is Cc1cccc(NC(=O)N2CCC(OCCO)CC2)c1. The van der Waals surface area contributed by atoms with Crippen LogP contribution in [0.1, 0.15) is 18.4 Å². The number of likely N-dealkylation sites (tertiary alicyclic amines) is 1. The maximum Gasteiger partial charge on any atom is 0.321 e. The van der Waals surface area contributed by atoms with Crippen LogP contribution in [0.3, 0.4) is 0 Å². The first-order valence-corrected chi connectivity index (χ1v) is 7.04. The Morgan fingerprint density at radius 3 is 2.85 bits per heavy atom. The topological polar surface area (TPSA) is 61.8 Å². The largest absolute Gasteiger partial charge is 0.394 e. The van der Waals surface area contributed by atoms with Crippen LogP contribution >= 0.6 is 0 Å². The molecular formula is C15H22N2O3. The van der Waals surface area contributed by atoms with Gasteiger partial charge in [-0.1, -0.05) is 12.1 Å². The van der Waals surface area contributed by atoms with E-state index in [1.165, 1.54) is 0 Å². The molecular weight excluding hydrogens is 256 g/mol. The van der Waals surface area contributed by atoms with Gasteiger partial charge in [0.25, 0.3) is 0 Å². The second kappa shape index (κ2) is 7.26. The maximum atomic E-state index is 12.1. The number of carbonyl (C=O) groups excluding carboxylic acids is 1. The number of carbonyl (C=O) groups is 1. The summed E-state index contributed by atoms with van der Waals surface area (Å²) in [7, 11) is 0. The van der Waals surface area contributed by atoms with E-state index < -0.39 is 0 Å². The Morgan fingerprint density at radius 1 is 1.45 bits per heavy atom. The predicted octanol–water partition coefficient (Wildman–Crippen LogP) is 2.00. The summed E-state index contributed by atoms with van der Waals surface area (Å²) in [4.78, 5) is 13.9. The molecule has 0 spiro atoms. The fourth-order valence-corrected chi connectivity index (χ4v) is 2.37. The molecule has 1 saturated heterocycles. The molecule has 0 aromatic heterocycles. The monoisotopic (exact) mass is 278 g/mol. The number of benzene rings is 1. The molecule has 1 aliphatic heterocycles. The lowest BCUT2D eigenvalue weighted by molar-refractivity contribution is -0.000875. The molecule has 2 amide bonds. The van der Waals surface area contributed by atoms with Crippen molar-refractivity contribution in [2.24, 2.45) is 0 Å². The number of nitrogens with one attached hydrogen (secondary N) is 1. The smallest absolute Gasteiger partial charge is 0.321 e. The van der Waals surface area contributed by atoms with Crippen LogP contribution in [0.4, 0.5) is 10.5 Å². The van der Waals surface area contributed by atoms with Crippen molar-refractivity contribution < 1.29 is 14.6 Å². The summed E-state index contributed by atoms with van der Waals surface area (Å²) < 4.78 is 5.49. The Hall–Kier alpha value is -1.59. The van der Waals surface area contributed by atoms with Gasteiger partial charge in [0.15, 0.2) is 0 Å². The van der Waals surface area contributed by atoms with E-state index in [2.05, 4.69) is 5.32 Å². The standard InChI is InChI=1S/C15H22N2O3/c1-12-3-2-4-13(11-12)16-15(19)17-7-5-14(6-8-17)20-10-9-18/h2-4,11,14,18H,5-10H2,1H3,(H,16,19). The van der Waals surface area contributed by atoms with Gasteiger partial charge in [-0.2, -0.15) is 0 Å². The van der Waals surface area contributed by atoms with Gasteiger partial charge < -0.3 is 20.1 Å². The number of nitrogens with zero attached hydrogens (tertiary/aromatic N) is 1. The van der Waals surface area contributed by atoms with Gasteiger partial charge in [0, 0.05) is 18.8 Å². The second-order valence-corrected chi connectivity index (χ2v) is 5.08. The second-order valence-electron chi connectivity index (χ2n) is 5.08. The molecule has 0 saturated carbocycles. The zero-order valence-electron chi connectivity index (χ0n) is 11.8. The molecule has 5 nitrogen and oxygen atoms in total. The molecule has 1 fully saturated rings. The van der Waals surface area contributed by atoms with E-state index in [9.17, 15) is 4.79 Å². The Kier molecular flexibility index (Phi) is 5.38. The molecule has 0 radical (unpaired) electrons. The first-order chi connectivity index (χ1) is 9.69. The number of rotatable bonds is 4. The Morgan fingerprint density at radius 2 is 2.20 bits per heavy atom. The highest BCUT2D eigenvalue weighted by atomic mass is 16.5. The van der Waals surface area contributed by atoms with Crippen LogP contribution in [-0.2, 0) is 4.74 Å². The van der Waals surface area contributed by atoms with Gasteiger partial charge in [-0.15, -0.1) is 0 Å². The molecule has 1 aliphatic rings. The normalized spacial score (nSPS) is 16.2. The van der Waals surface area contributed by atoms with Crippen LogP contribution < -0.4 is 5.32 Å². The number of ether oxygens (including phenoxy) is 1. The lowest BCUT2D eigenvalue weighted by atomic mass is 10.1. The maximum absolute atomic E-state index is 12.1. The molecule has 1 heterocycles. The van der Waals surface area contributed by atoms with E-state index in [4.69, 9.17) is 9.84 Å². The summed E-state index contributed by atoms with van der Waals surface area (Å²) >= 11 is 0. The minimum absolute atomic E-state index is 0.0497. The number of aliphatic hydroxyl groups excluding tert-OH is 1. The van der Waals surface area contributed by atoms with Gasteiger partial charge in [-0.05, 0) is 37.5 Å². The number of hydrogen-bond donors (Lipinski definition) is 2. The van der Waals surface area contributed by atoms with Crippen LogP contribution in [0, 0.1) is 6.92 Å². The third kappa shape index (κ3) is 4.21. The Balaban J connectivity index is 1.80. The Bertz CT molecular complexity index is 442. The number of hydrogen-bond acceptors (Lipinski definition) is 3. The van der Waals surface area contributed by atoms with Crippen molar-refractivity contribution in [2.45, 2.75) is 25.9 Å². The number of aryl methyl sites for hydroxylation is 1. The van der Waals surface area contributed by atoms with Crippen LogP contribution in [0.15, 0.2) is 24.3 Å². The first-order valence-electron chi connectivity index (χ1n) is 7.04. The summed E-state index contributed by atoms with van der Waals surface area (Å²) in [6.07, 6.45) is 1.80. The lowest BCUT2D eigenvalue weighted by Gasteiger charge is -2.31. The van der Waals surface area contributed by atoms with E-state index in [0.717, 1.165) is 24.1 Å². The van der Waals surface area contributed by atoms with Crippen molar-refractivity contribution in [1.82, 2.24) is 4.90 Å². The van der Waals surface area contributed by atoms with Crippen LogP contribution in [-0.4, -0.2) is 48.4 Å². The van der Waals surface area contributed by atoms with Gasteiger partial charge in [0.2, 0.25) is 0 Å². The van der Waals surface area contributed by atoms with Crippen molar-refractivity contribution in [1.29, 1.82) is 0 Å². The average molecular weight is 278 g/mol. The van der Waals surface area contributed by atoms with Crippen LogP contribution in [0.25, 0.3) is 0 Å². The van der Waals surface area contributed by atoms with Gasteiger partial charge in [0.1, 0.15) is 0 Å². The molecule has 2 rings (SSSR count). The van der Waals surface area contributed by atoms with E-state index >= 15 is 0 Å². The van der Waals surface area contributed by atoms with Gasteiger partial charge in [0.05, 0.1) is 19.3 Å². The van der Waals surface area contributed by atoms with Gasteiger partial charge >= 0.3 is 6.03 Å². The number of anilines is 1. The average Bonchev–Trinajstić information content (AvgIpc) is 2.45. The zero-order chi connectivity index (χ0) is 14.4.